The summed E-state index contributed by atoms with van der Waals surface area (Å²) < 4.78 is 5.33. The molecule has 0 saturated heterocycles. The fraction of sp³-hybridized carbons (Fsp3) is 0.312. The molecule has 1 heterocycles. The summed E-state index contributed by atoms with van der Waals surface area (Å²) >= 11 is 5.80. The van der Waals surface area contributed by atoms with E-state index < -0.39 is 5.60 Å². The van der Waals surface area contributed by atoms with Crippen LogP contribution in [0, 0.1) is 5.92 Å². The Hall–Kier alpha value is -1.78. The summed E-state index contributed by atoms with van der Waals surface area (Å²) in [5.74, 6) is 0.396. The summed E-state index contributed by atoms with van der Waals surface area (Å²) in [4.78, 5) is 12.1. The highest BCUT2D eigenvalue weighted by molar-refractivity contribution is 6.30. The van der Waals surface area contributed by atoms with E-state index in [0.717, 1.165) is 12.8 Å². The third-order valence-electron chi connectivity index (χ3n) is 3.83. The quantitative estimate of drug-likeness (QED) is 0.892. The highest BCUT2D eigenvalue weighted by Gasteiger charge is 2.47. The van der Waals surface area contributed by atoms with Gasteiger partial charge in [0.05, 0.1) is 12.8 Å². The third kappa shape index (κ3) is 2.96. The van der Waals surface area contributed by atoms with Crippen molar-refractivity contribution in [3.8, 4) is 0 Å². The Labute approximate surface area is 127 Å². The van der Waals surface area contributed by atoms with Crippen LogP contribution in [0.1, 0.15) is 29.0 Å². The Bertz CT molecular complexity index is 619. The monoisotopic (exact) mass is 305 g/mol. The van der Waals surface area contributed by atoms with Crippen molar-refractivity contribution in [2.75, 3.05) is 6.54 Å². The molecule has 0 radical (unpaired) electrons. The van der Waals surface area contributed by atoms with Crippen molar-refractivity contribution < 1.29 is 14.3 Å². The summed E-state index contributed by atoms with van der Waals surface area (Å²) in [7, 11) is 0. The lowest BCUT2D eigenvalue weighted by molar-refractivity contribution is -0.00610. The first-order valence-corrected chi connectivity index (χ1v) is 7.27. The molecule has 110 valence electrons. The molecule has 1 saturated carbocycles. The maximum atomic E-state index is 12.1. The van der Waals surface area contributed by atoms with E-state index in [1.807, 2.05) is 0 Å². The first-order valence-electron chi connectivity index (χ1n) is 6.90. The van der Waals surface area contributed by atoms with Crippen molar-refractivity contribution in [2.45, 2.75) is 18.4 Å². The van der Waals surface area contributed by atoms with Crippen molar-refractivity contribution in [1.82, 2.24) is 5.32 Å². The van der Waals surface area contributed by atoms with Crippen LogP contribution in [0.25, 0.3) is 0 Å². The molecule has 0 aliphatic heterocycles. The van der Waals surface area contributed by atoms with Crippen molar-refractivity contribution in [3.05, 3.63) is 59.0 Å². The minimum absolute atomic E-state index is 0.132. The van der Waals surface area contributed by atoms with Crippen LogP contribution in [-0.2, 0) is 5.60 Å². The van der Waals surface area contributed by atoms with Crippen LogP contribution in [-0.4, -0.2) is 17.6 Å². The van der Waals surface area contributed by atoms with Gasteiger partial charge in [-0.1, -0.05) is 11.6 Å². The summed E-state index contributed by atoms with van der Waals surface area (Å²) in [6.07, 6.45) is 3.41. The highest BCUT2D eigenvalue weighted by Crippen LogP contribution is 2.45. The van der Waals surface area contributed by atoms with Crippen molar-refractivity contribution in [2.24, 2.45) is 5.92 Å². The Morgan fingerprint density at radius 2 is 2.05 bits per heavy atom. The molecule has 1 aromatic heterocycles. The Kier molecular flexibility index (Phi) is 3.74. The second-order valence-electron chi connectivity index (χ2n) is 5.37. The second-order valence-corrected chi connectivity index (χ2v) is 5.80. The molecule has 1 aliphatic carbocycles. The molecule has 1 fully saturated rings. The van der Waals surface area contributed by atoms with E-state index in [0.29, 0.717) is 16.3 Å². The van der Waals surface area contributed by atoms with Crippen LogP contribution in [0.4, 0.5) is 0 Å². The van der Waals surface area contributed by atoms with Crippen molar-refractivity contribution >= 4 is 17.5 Å². The van der Waals surface area contributed by atoms with Gasteiger partial charge >= 0.3 is 0 Å². The highest BCUT2D eigenvalue weighted by atomic mass is 35.5. The van der Waals surface area contributed by atoms with Gasteiger partial charge in [0.25, 0.3) is 5.91 Å². The van der Waals surface area contributed by atoms with Gasteiger partial charge in [-0.25, -0.2) is 0 Å². The average Bonchev–Trinajstić information content (AvgIpc) is 3.20. The molecule has 0 bridgehead atoms. The number of halogens is 1. The summed E-state index contributed by atoms with van der Waals surface area (Å²) in [6, 6.07) is 10.1. The number of aliphatic hydroxyl groups is 1. The Morgan fingerprint density at radius 3 is 2.62 bits per heavy atom. The van der Waals surface area contributed by atoms with Crippen LogP contribution in [0.3, 0.4) is 0 Å². The number of nitrogens with one attached hydrogen (secondary N) is 1. The predicted octanol–water partition coefficient (Wildman–Crippen LogP) is 2.96. The summed E-state index contributed by atoms with van der Waals surface area (Å²) in [5, 5.41) is 14.2. The van der Waals surface area contributed by atoms with Crippen molar-refractivity contribution in [3.63, 3.8) is 0 Å². The Balaban J connectivity index is 1.70. The second kappa shape index (κ2) is 5.54. The molecule has 1 aliphatic rings. The first kappa shape index (κ1) is 14.2. The molecular weight excluding hydrogens is 290 g/mol. The van der Waals surface area contributed by atoms with E-state index in [4.69, 9.17) is 16.0 Å². The average molecular weight is 306 g/mol. The molecule has 3 rings (SSSR count). The molecular formula is C16H16ClNO3. The zero-order chi connectivity index (χ0) is 14.9. The van der Waals surface area contributed by atoms with Gasteiger partial charge in [0.1, 0.15) is 11.4 Å². The van der Waals surface area contributed by atoms with Crippen LogP contribution in [0.5, 0.6) is 0 Å². The van der Waals surface area contributed by atoms with Gasteiger partial charge in [0.2, 0.25) is 0 Å². The van der Waals surface area contributed by atoms with Crippen LogP contribution < -0.4 is 5.32 Å². The molecule has 5 heteroatoms. The van der Waals surface area contributed by atoms with Gasteiger partial charge in [0, 0.05) is 10.6 Å². The molecule has 2 N–H and O–H groups in total. The predicted molar refractivity (Wildman–Crippen MR) is 79.1 cm³/mol. The number of hydrogen-bond acceptors (Lipinski definition) is 3. The topological polar surface area (TPSA) is 62.5 Å². The normalized spacial score (nSPS) is 17.2. The van der Waals surface area contributed by atoms with Gasteiger partial charge in [-0.05, 0) is 55.2 Å². The molecule has 21 heavy (non-hydrogen) atoms. The number of furan rings is 1. The number of benzene rings is 1. The molecule has 1 atom stereocenters. The van der Waals surface area contributed by atoms with Crippen LogP contribution in [0.2, 0.25) is 5.02 Å². The molecule has 1 amide bonds. The largest absolute Gasteiger partial charge is 0.466 e. The van der Waals surface area contributed by atoms with E-state index in [-0.39, 0.29) is 18.4 Å². The number of amides is 1. The summed E-state index contributed by atoms with van der Waals surface area (Å²) in [5.41, 5.74) is -0.622. The van der Waals surface area contributed by atoms with Crippen LogP contribution >= 0.6 is 11.6 Å². The molecule has 1 unspecified atom stereocenters. The zero-order valence-electron chi connectivity index (χ0n) is 11.4. The van der Waals surface area contributed by atoms with E-state index >= 15 is 0 Å². The first-order chi connectivity index (χ1) is 10.1. The molecule has 1 aromatic carbocycles. The number of hydrogen-bond donors (Lipinski definition) is 2. The minimum atomic E-state index is -1.13. The van der Waals surface area contributed by atoms with Gasteiger partial charge in [-0.2, -0.15) is 0 Å². The van der Waals surface area contributed by atoms with Gasteiger partial charge in [0.15, 0.2) is 0 Å². The maximum absolute atomic E-state index is 12.1. The fourth-order valence-electron chi connectivity index (χ4n) is 2.44. The molecule has 2 aromatic rings. The SMILES string of the molecule is O=C(NCC(O)(c1ccco1)C1CC1)c1ccc(Cl)cc1. The van der Waals surface area contributed by atoms with E-state index in [9.17, 15) is 9.90 Å². The molecule has 4 nitrogen and oxygen atoms in total. The fourth-order valence-corrected chi connectivity index (χ4v) is 2.56. The maximum Gasteiger partial charge on any atom is 0.251 e. The molecule has 0 spiro atoms. The Morgan fingerprint density at radius 1 is 1.33 bits per heavy atom. The van der Waals surface area contributed by atoms with Crippen LogP contribution in [0.15, 0.2) is 47.1 Å². The lowest BCUT2D eigenvalue weighted by atomic mass is 9.94. The van der Waals surface area contributed by atoms with E-state index in [1.54, 1.807) is 36.4 Å². The summed E-state index contributed by atoms with van der Waals surface area (Å²) in [6.45, 7) is 0.132. The number of carbonyl (C=O) groups is 1. The van der Waals surface area contributed by atoms with Gasteiger partial charge < -0.3 is 14.8 Å². The standard InChI is InChI=1S/C16H16ClNO3/c17-13-7-3-11(4-8-13)15(19)18-10-16(20,12-5-6-12)14-2-1-9-21-14/h1-4,7-9,12,20H,5-6,10H2,(H,18,19). The number of carbonyl (C=O) groups excluding carboxylic acids is 1. The smallest absolute Gasteiger partial charge is 0.251 e. The van der Waals surface area contributed by atoms with E-state index in [2.05, 4.69) is 5.32 Å². The number of rotatable bonds is 5. The lowest BCUT2D eigenvalue weighted by Gasteiger charge is -2.26. The zero-order valence-corrected chi connectivity index (χ0v) is 12.1. The van der Waals surface area contributed by atoms with Gasteiger partial charge in [-0.3, -0.25) is 4.79 Å². The minimum Gasteiger partial charge on any atom is -0.466 e. The van der Waals surface area contributed by atoms with E-state index in [1.165, 1.54) is 6.26 Å². The lowest BCUT2D eigenvalue weighted by Crippen LogP contribution is -2.42. The van der Waals surface area contributed by atoms with Gasteiger partial charge in [-0.15, -0.1) is 0 Å². The third-order valence-corrected chi connectivity index (χ3v) is 4.08. The van der Waals surface area contributed by atoms with Crippen molar-refractivity contribution in [1.29, 1.82) is 0 Å².